The molecule has 0 saturated heterocycles. The number of imidazole rings is 1. The molecule has 5 heteroatoms. The summed E-state index contributed by atoms with van der Waals surface area (Å²) in [6, 6.07) is 7.82. The van der Waals surface area contributed by atoms with Crippen molar-refractivity contribution in [1.29, 1.82) is 0 Å². The maximum atomic E-state index is 11.9. The predicted octanol–water partition coefficient (Wildman–Crippen LogP) is 0.917. The lowest BCUT2D eigenvalue weighted by atomic mass is 10.1. The summed E-state index contributed by atoms with van der Waals surface area (Å²) >= 11 is 0. The van der Waals surface area contributed by atoms with Crippen LogP contribution in [0.2, 0.25) is 0 Å². The zero-order chi connectivity index (χ0) is 13.1. The molecule has 0 atom stereocenters. The summed E-state index contributed by atoms with van der Waals surface area (Å²) in [5.41, 5.74) is 2.88. The highest BCUT2D eigenvalue weighted by Crippen LogP contribution is 2.10. The van der Waals surface area contributed by atoms with Crippen molar-refractivity contribution in [3.05, 3.63) is 52.2 Å². The van der Waals surface area contributed by atoms with Gasteiger partial charge in [0, 0.05) is 18.9 Å². The second kappa shape index (κ2) is 5.20. The van der Waals surface area contributed by atoms with E-state index in [-0.39, 0.29) is 5.69 Å². The van der Waals surface area contributed by atoms with Crippen molar-refractivity contribution in [2.24, 2.45) is 12.9 Å². The Labute approximate surface area is 105 Å². The van der Waals surface area contributed by atoms with E-state index in [1.807, 2.05) is 37.4 Å². The third kappa shape index (κ3) is 2.37. The van der Waals surface area contributed by atoms with Crippen molar-refractivity contribution in [3.8, 4) is 5.69 Å². The van der Waals surface area contributed by atoms with E-state index in [1.165, 1.54) is 0 Å². The van der Waals surface area contributed by atoms with Gasteiger partial charge in [-0.05, 0) is 31.0 Å². The molecule has 5 nitrogen and oxygen atoms in total. The summed E-state index contributed by atoms with van der Waals surface area (Å²) in [4.78, 5) is 16.5. The number of nitrogens with zero attached hydrogens (tertiary/aromatic N) is 2. The molecule has 0 fully saturated rings. The molecule has 0 spiro atoms. The first kappa shape index (κ1) is 12.6. The largest absolute Gasteiger partial charge is 0.332 e. The lowest BCUT2D eigenvalue weighted by Crippen LogP contribution is -2.21. The highest BCUT2D eigenvalue weighted by atomic mass is 16.6. The summed E-state index contributed by atoms with van der Waals surface area (Å²) in [7, 11) is 1.75. The predicted molar refractivity (Wildman–Crippen MR) is 69.6 cm³/mol. The Morgan fingerprint density at radius 1 is 1.28 bits per heavy atom. The fraction of sp³-hybridized carbons (Fsp3) is 0.308. The second-order valence-corrected chi connectivity index (χ2v) is 4.29. The average Bonchev–Trinajstić information content (AvgIpc) is 2.62. The zero-order valence-corrected chi connectivity index (χ0v) is 10.6. The van der Waals surface area contributed by atoms with Gasteiger partial charge in [-0.25, -0.2) is 10.7 Å². The number of aromatic nitrogens is 2. The molecule has 0 unspecified atom stereocenters. The molecular weight excluding hydrogens is 230 g/mol. The fourth-order valence-corrected chi connectivity index (χ4v) is 2.00. The van der Waals surface area contributed by atoms with Crippen LogP contribution >= 0.6 is 0 Å². The van der Waals surface area contributed by atoms with Gasteiger partial charge in [0.1, 0.15) is 0 Å². The number of nitrogens with two attached hydrogens (primary N) is 1. The Kier molecular flexibility index (Phi) is 3.64. The summed E-state index contributed by atoms with van der Waals surface area (Å²) in [6.45, 7) is 2.40. The third-order valence-corrected chi connectivity index (χ3v) is 2.93. The minimum Gasteiger partial charge on any atom is -0.304 e. The Morgan fingerprint density at radius 2 is 1.94 bits per heavy atom. The van der Waals surface area contributed by atoms with Crippen molar-refractivity contribution in [2.75, 3.05) is 6.61 Å². The van der Waals surface area contributed by atoms with Crippen LogP contribution in [0.15, 0.2) is 35.3 Å². The van der Waals surface area contributed by atoms with E-state index >= 15 is 0 Å². The zero-order valence-electron chi connectivity index (χ0n) is 10.6. The Bertz CT molecular complexity index is 581. The fourth-order valence-electron chi connectivity index (χ4n) is 2.00. The number of hydrogen-bond acceptors (Lipinski definition) is 3. The van der Waals surface area contributed by atoms with E-state index in [0.717, 1.165) is 23.4 Å². The van der Waals surface area contributed by atoms with E-state index in [1.54, 1.807) is 16.2 Å². The quantitative estimate of drug-likeness (QED) is 0.817. The van der Waals surface area contributed by atoms with Crippen molar-refractivity contribution < 1.29 is 4.84 Å². The number of hydrogen-bond donors (Lipinski definition) is 1. The summed E-state index contributed by atoms with van der Waals surface area (Å²) in [5, 5.41) is 0. The molecule has 0 radical (unpaired) electrons. The molecular formula is C13H17N3O2. The molecule has 0 saturated carbocycles. The summed E-state index contributed by atoms with van der Waals surface area (Å²) in [5.74, 6) is 4.99. The first-order chi connectivity index (χ1) is 8.63. The van der Waals surface area contributed by atoms with Crippen molar-refractivity contribution in [1.82, 2.24) is 9.13 Å². The number of aryl methyl sites for hydroxylation is 2. The van der Waals surface area contributed by atoms with Crippen molar-refractivity contribution >= 4 is 0 Å². The van der Waals surface area contributed by atoms with Gasteiger partial charge in [0.15, 0.2) is 0 Å². The second-order valence-electron chi connectivity index (χ2n) is 4.29. The molecule has 0 aliphatic carbocycles. The van der Waals surface area contributed by atoms with Gasteiger partial charge < -0.3 is 9.40 Å². The van der Waals surface area contributed by atoms with Gasteiger partial charge in [-0.1, -0.05) is 12.1 Å². The first-order valence-electron chi connectivity index (χ1n) is 5.79. The summed E-state index contributed by atoms with van der Waals surface area (Å²) in [6.07, 6.45) is 2.58. The molecule has 2 rings (SSSR count). The minimum absolute atomic E-state index is 0.0365. The van der Waals surface area contributed by atoms with Gasteiger partial charge in [0.2, 0.25) is 0 Å². The first-order valence-corrected chi connectivity index (χ1v) is 5.79. The molecule has 2 aromatic rings. The van der Waals surface area contributed by atoms with E-state index in [9.17, 15) is 4.79 Å². The van der Waals surface area contributed by atoms with Crippen LogP contribution in [0.4, 0.5) is 0 Å². The molecule has 2 N–H and O–H groups in total. The van der Waals surface area contributed by atoms with Gasteiger partial charge >= 0.3 is 5.69 Å². The molecule has 0 amide bonds. The highest BCUT2D eigenvalue weighted by Gasteiger charge is 2.07. The lowest BCUT2D eigenvalue weighted by Gasteiger charge is -2.05. The third-order valence-electron chi connectivity index (χ3n) is 2.93. The summed E-state index contributed by atoms with van der Waals surface area (Å²) < 4.78 is 3.26. The van der Waals surface area contributed by atoms with Gasteiger partial charge in [0.05, 0.1) is 12.3 Å². The van der Waals surface area contributed by atoms with E-state index in [4.69, 9.17) is 5.90 Å². The van der Waals surface area contributed by atoms with Crippen LogP contribution in [0.1, 0.15) is 11.3 Å². The van der Waals surface area contributed by atoms with Crippen LogP contribution in [0.5, 0.6) is 0 Å². The molecule has 18 heavy (non-hydrogen) atoms. The van der Waals surface area contributed by atoms with E-state index in [0.29, 0.717) is 6.61 Å². The van der Waals surface area contributed by atoms with Gasteiger partial charge in [-0.3, -0.25) is 4.57 Å². The maximum absolute atomic E-state index is 11.9. The molecule has 0 aliphatic rings. The number of rotatable bonds is 4. The smallest absolute Gasteiger partial charge is 0.304 e. The maximum Gasteiger partial charge on any atom is 0.332 e. The van der Waals surface area contributed by atoms with Crippen LogP contribution in [-0.2, 0) is 18.3 Å². The van der Waals surface area contributed by atoms with E-state index in [2.05, 4.69) is 4.84 Å². The Hall–Kier alpha value is -1.85. The van der Waals surface area contributed by atoms with E-state index < -0.39 is 0 Å². The average molecular weight is 247 g/mol. The molecule has 0 bridgehead atoms. The van der Waals surface area contributed by atoms with Gasteiger partial charge in [-0.15, -0.1) is 0 Å². The number of benzene rings is 1. The SMILES string of the molecule is Cc1cn(C)c(=O)n1-c1ccc(CCON)cc1. The van der Waals surface area contributed by atoms with Crippen molar-refractivity contribution in [3.63, 3.8) is 0 Å². The van der Waals surface area contributed by atoms with Crippen LogP contribution in [-0.4, -0.2) is 15.7 Å². The van der Waals surface area contributed by atoms with Crippen LogP contribution in [0, 0.1) is 6.92 Å². The Morgan fingerprint density at radius 3 is 2.44 bits per heavy atom. The van der Waals surface area contributed by atoms with Crippen LogP contribution in [0.25, 0.3) is 5.69 Å². The molecule has 0 aliphatic heterocycles. The molecule has 1 aromatic heterocycles. The minimum atomic E-state index is -0.0365. The topological polar surface area (TPSA) is 62.2 Å². The van der Waals surface area contributed by atoms with Gasteiger partial charge in [0.25, 0.3) is 0 Å². The molecule has 1 aromatic carbocycles. The van der Waals surface area contributed by atoms with Gasteiger partial charge in [-0.2, -0.15) is 0 Å². The van der Waals surface area contributed by atoms with Crippen LogP contribution in [0.3, 0.4) is 0 Å². The highest BCUT2D eigenvalue weighted by molar-refractivity contribution is 5.36. The standard InChI is InChI=1S/C13H17N3O2/c1-10-9-15(2)13(17)16(10)12-5-3-11(4-6-12)7-8-18-14/h3-6,9H,7-8,14H2,1-2H3. The van der Waals surface area contributed by atoms with Crippen LogP contribution < -0.4 is 11.6 Å². The molecule has 1 heterocycles. The normalized spacial score (nSPS) is 10.8. The molecule has 96 valence electrons. The Balaban J connectivity index is 2.32. The monoisotopic (exact) mass is 247 g/mol. The van der Waals surface area contributed by atoms with Crippen molar-refractivity contribution in [2.45, 2.75) is 13.3 Å². The lowest BCUT2D eigenvalue weighted by molar-refractivity contribution is 0.141.